The Kier molecular flexibility index (Phi) is 4.80. The van der Waals surface area contributed by atoms with Crippen LogP contribution >= 0.6 is 0 Å². The van der Waals surface area contributed by atoms with Crippen LogP contribution in [0.4, 0.5) is 5.95 Å². The van der Waals surface area contributed by atoms with E-state index < -0.39 is 36.0 Å². The molecular weight excluding hydrogens is 382 g/mol. The van der Waals surface area contributed by atoms with Crippen LogP contribution in [0, 0.1) is 0 Å². The number of hydrogen-bond donors (Lipinski definition) is 5. The third kappa shape index (κ3) is 3.47. The average molecular weight is 399 g/mol. The van der Waals surface area contributed by atoms with Crippen molar-refractivity contribution in [3.63, 3.8) is 0 Å². The van der Waals surface area contributed by atoms with Crippen molar-refractivity contribution in [2.45, 2.75) is 24.5 Å². The van der Waals surface area contributed by atoms with Crippen molar-refractivity contribution in [1.29, 1.82) is 0 Å². The molecule has 3 heterocycles. The standard InChI is InChI=1S/C17H17N7O5/c18-17-21-13-9(14(27)22-17)19-7-24(13)16-11(26)10(25)12(29-16)15(28)23-20-6-8-4-2-1-3-5-8/h1-7,10-12,16,25-26H,(H,23,28)(H3,18,21,22,27)/b20-6+/t10-,11+,12-,16+/m0/s1. The lowest BCUT2D eigenvalue weighted by Crippen LogP contribution is -2.41. The number of ether oxygens (including phenoxy) is 1. The molecule has 150 valence electrons. The second-order valence-electron chi connectivity index (χ2n) is 6.35. The third-order valence-electron chi connectivity index (χ3n) is 4.41. The van der Waals surface area contributed by atoms with Gasteiger partial charge in [-0.05, 0) is 5.56 Å². The minimum absolute atomic E-state index is 0.0233. The molecule has 0 radical (unpaired) electrons. The molecule has 4 rings (SSSR count). The van der Waals surface area contributed by atoms with E-state index in [1.165, 1.54) is 17.1 Å². The number of carbonyl (C=O) groups excluding carboxylic acids is 1. The second kappa shape index (κ2) is 7.43. The van der Waals surface area contributed by atoms with Crippen LogP contribution in [0.25, 0.3) is 11.2 Å². The van der Waals surface area contributed by atoms with E-state index in [2.05, 4.69) is 25.5 Å². The van der Waals surface area contributed by atoms with Crippen molar-refractivity contribution >= 4 is 29.2 Å². The maximum absolute atomic E-state index is 12.3. The van der Waals surface area contributed by atoms with Crippen molar-refractivity contribution in [2.24, 2.45) is 5.10 Å². The first-order valence-electron chi connectivity index (χ1n) is 8.57. The van der Waals surface area contributed by atoms with E-state index in [0.29, 0.717) is 0 Å². The van der Waals surface area contributed by atoms with Gasteiger partial charge in [-0.15, -0.1) is 0 Å². The van der Waals surface area contributed by atoms with Crippen LogP contribution in [0.2, 0.25) is 0 Å². The molecule has 4 atom stereocenters. The number of imidazole rings is 1. The van der Waals surface area contributed by atoms with Gasteiger partial charge in [-0.1, -0.05) is 30.3 Å². The van der Waals surface area contributed by atoms with Gasteiger partial charge in [0.2, 0.25) is 5.95 Å². The average Bonchev–Trinajstić information content (AvgIpc) is 3.24. The fourth-order valence-corrected chi connectivity index (χ4v) is 3.01. The molecule has 0 bridgehead atoms. The number of anilines is 1. The molecule has 12 nitrogen and oxygen atoms in total. The van der Waals surface area contributed by atoms with Gasteiger partial charge < -0.3 is 20.7 Å². The maximum atomic E-state index is 12.3. The minimum Gasteiger partial charge on any atom is -0.387 e. The number of aliphatic hydroxyl groups excluding tert-OH is 2. The van der Waals surface area contributed by atoms with E-state index in [4.69, 9.17) is 10.5 Å². The number of fused-ring (bicyclic) bond motifs is 1. The van der Waals surface area contributed by atoms with Gasteiger partial charge in [0.05, 0.1) is 12.5 Å². The summed E-state index contributed by atoms with van der Waals surface area (Å²) in [5, 5.41) is 24.4. The Balaban J connectivity index is 1.53. The van der Waals surface area contributed by atoms with Crippen molar-refractivity contribution in [3.8, 4) is 0 Å². The highest BCUT2D eigenvalue weighted by Gasteiger charge is 2.47. The summed E-state index contributed by atoms with van der Waals surface area (Å²) < 4.78 is 6.76. The summed E-state index contributed by atoms with van der Waals surface area (Å²) in [6, 6.07) is 9.06. The van der Waals surface area contributed by atoms with Gasteiger partial charge >= 0.3 is 0 Å². The highest BCUT2D eigenvalue weighted by Crippen LogP contribution is 2.31. The van der Waals surface area contributed by atoms with Gasteiger partial charge in [-0.2, -0.15) is 10.1 Å². The third-order valence-corrected chi connectivity index (χ3v) is 4.41. The topological polar surface area (TPSA) is 181 Å². The first kappa shape index (κ1) is 18.7. The SMILES string of the molecule is Nc1nc2c(ncn2[C@@H]2O[C@H](C(=O)N/N=C/c3ccccc3)[C@@H](O)[C@H]2O)c(=O)[nH]1. The number of amides is 1. The fourth-order valence-electron chi connectivity index (χ4n) is 3.01. The Hall–Kier alpha value is -3.61. The highest BCUT2D eigenvalue weighted by atomic mass is 16.6. The molecule has 1 aromatic carbocycles. The van der Waals surface area contributed by atoms with Crippen LogP contribution in [-0.2, 0) is 9.53 Å². The van der Waals surface area contributed by atoms with Gasteiger partial charge in [-0.3, -0.25) is 19.1 Å². The molecule has 12 heteroatoms. The number of H-pyrrole nitrogens is 1. The molecule has 1 aliphatic rings. The molecule has 1 saturated heterocycles. The largest absolute Gasteiger partial charge is 0.387 e. The number of rotatable bonds is 4. The summed E-state index contributed by atoms with van der Waals surface area (Å²) in [6.45, 7) is 0. The smallest absolute Gasteiger partial charge is 0.280 e. The second-order valence-corrected chi connectivity index (χ2v) is 6.35. The quantitative estimate of drug-likeness (QED) is 0.259. The van der Waals surface area contributed by atoms with Crippen LogP contribution in [0.3, 0.4) is 0 Å². The Morgan fingerprint density at radius 1 is 1.31 bits per heavy atom. The number of nitrogens with zero attached hydrogens (tertiary/aromatic N) is 4. The zero-order chi connectivity index (χ0) is 20.5. The van der Waals surface area contributed by atoms with E-state index in [0.717, 1.165) is 5.56 Å². The summed E-state index contributed by atoms with van der Waals surface area (Å²) in [5.74, 6) is -0.900. The number of hydrazone groups is 1. The molecule has 0 aliphatic carbocycles. The van der Waals surface area contributed by atoms with Crippen molar-refractivity contribution in [2.75, 3.05) is 5.73 Å². The number of nitrogens with two attached hydrogens (primary N) is 1. The normalized spacial score (nSPS) is 24.3. The zero-order valence-electron chi connectivity index (χ0n) is 14.8. The van der Waals surface area contributed by atoms with Crippen LogP contribution in [-0.4, -0.2) is 60.2 Å². The monoisotopic (exact) mass is 399 g/mol. The Morgan fingerprint density at radius 2 is 2.07 bits per heavy atom. The van der Waals surface area contributed by atoms with Crippen molar-refractivity contribution < 1.29 is 19.7 Å². The first-order valence-corrected chi connectivity index (χ1v) is 8.57. The van der Waals surface area contributed by atoms with Crippen molar-refractivity contribution in [3.05, 3.63) is 52.6 Å². The number of nitrogens with one attached hydrogen (secondary N) is 2. The number of aromatic nitrogens is 4. The Labute approximate surface area is 162 Å². The molecule has 0 saturated carbocycles. The van der Waals surface area contributed by atoms with Crippen molar-refractivity contribution in [1.82, 2.24) is 24.9 Å². The summed E-state index contributed by atoms with van der Waals surface area (Å²) in [7, 11) is 0. The molecule has 1 fully saturated rings. The van der Waals surface area contributed by atoms with E-state index >= 15 is 0 Å². The van der Waals surface area contributed by atoms with Crippen LogP contribution in [0.1, 0.15) is 11.8 Å². The van der Waals surface area contributed by atoms with E-state index in [1.807, 2.05) is 18.2 Å². The molecule has 1 aliphatic heterocycles. The fraction of sp³-hybridized carbons (Fsp3) is 0.235. The molecule has 29 heavy (non-hydrogen) atoms. The first-order chi connectivity index (χ1) is 14.0. The van der Waals surface area contributed by atoms with Gasteiger partial charge in [0.15, 0.2) is 23.5 Å². The summed E-state index contributed by atoms with van der Waals surface area (Å²) in [6.07, 6.45) is -3.00. The summed E-state index contributed by atoms with van der Waals surface area (Å²) >= 11 is 0. The lowest BCUT2D eigenvalue weighted by molar-refractivity contribution is -0.137. The molecular formula is C17H17N7O5. The molecule has 6 N–H and O–H groups in total. The number of carbonyl (C=O) groups is 1. The van der Waals surface area contributed by atoms with Crippen LogP contribution in [0.15, 0.2) is 46.6 Å². The minimum atomic E-state index is -1.54. The van der Waals surface area contributed by atoms with E-state index in [-0.39, 0.29) is 17.1 Å². The number of aromatic amines is 1. The number of nitrogen functional groups attached to an aromatic ring is 1. The van der Waals surface area contributed by atoms with Gasteiger partial charge in [0, 0.05) is 0 Å². The van der Waals surface area contributed by atoms with Gasteiger partial charge in [0.25, 0.3) is 11.5 Å². The van der Waals surface area contributed by atoms with Gasteiger partial charge in [0.1, 0.15) is 12.2 Å². The maximum Gasteiger partial charge on any atom is 0.280 e. The lowest BCUT2D eigenvalue weighted by Gasteiger charge is -2.16. The van der Waals surface area contributed by atoms with E-state index in [1.54, 1.807) is 12.1 Å². The summed E-state index contributed by atoms with van der Waals surface area (Å²) in [5.41, 5.74) is 8.03. The van der Waals surface area contributed by atoms with Gasteiger partial charge in [-0.25, -0.2) is 10.4 Å². The van der Waals surface area contributed by atoms with E-state index in [9.17, 15) is 19.8 Å². The molecule has 2 aromatic heterocycles. The predicted molar refractivity (Wildman–Crippen MR) is 101 cm³/mol. The predicted octanol–water partition coefficient (Wildman–Crippen LogP) is -1.53. The van der Waals surface area contributed by atoms with Crippen LogP contribution in [0.5, 0.6) is 0 Å². The molecule has 0 spiro atoms. The summed E-state index contributed by atoms with van der Waals surface area (Å²) in [4.78, 5) is 34.4. The number of aliphatic hydroxyl groups is 2. The number of benzene rings is 1. The Bertz CT molecular complexity index is 1130. The molecule has 0 unspecified atom stereocenters. The van der Waals surface area contributed by atoms with Crippen LogP contribution < -0.4 is 16.7 Å². The zero-order valence-corrected chi connectivity index (χ0v) is 14.8. The molecule has 1 amide bonds. The highest BCUT2D eigenvalue weighted by molar-refractivity contribution is 5.85. The lowest BCUT2D eigenvalue weighted by atomic mass is 10.1. The number of hydrogen-bond acceptors (Lipinski definition) is 9. The Morgan fingerprint density at radius 3 is 2.83 bits per heavy atom. The molecule has 3 aromatic rings.